The second-order valence-electron chi connectivity index (χ2n) is 6.12. The molecule has 0 saturated heterocycles. The quantitative estimate of drug-likeness (QED) is 0.618. The molecule has 0 aliphatic rings. The molecule has 0 saturated carbocycles. The van der Waals surface area contributed by atoms with Crippen molar-refractivity contribution in [2.24, 2.45) is 0 Å². The first-order valence-electron chi connectivity index (χ1n) is 8.60. The summed E-state index contributed by atoms with van der Waals surface area (Å²) in [7, 11) is 0. The Bertz CT molecular complexity index is 1050. The van der Waals surface area contributed by atoms with E-state index >= 15 is 0 Å². The number of hydrogen-bond donors (Lipinski definition) is 2. The summed E-state index contributed by atoms with van der Waals surface area (Å²) in [5.41, 5.74) is 1.28. The summed E-state index contributed by atoms with van der Waals surface area (Å²) >= 11 is 1.41. The number of nitrogens with one attached hydrogen (secondary N) is 2. The monoisotopic (exact) mass is 419 g/mol. The molecule has 1 aromatic heterocycles. The standard InChI is InChI=1S/C20H16F3N3O2S/c1-11-17(29-20(25-11)12-2-4-13(21)5-3-12)8-9-24-18(27)19(28)26-16-7-6-14(22)10-15(16)23/h2-7,10H,8-9H2,1H3,(H,24,27)(H,26,28). The minimum atomic E-state index is -1.05. The van der Waals surface area contributed by atoms with E-state index in [2.05, 4.69) is 15.6 Å². The lowest BCUT2D eigenvalue weighted by atomic mass is 10.2. The van der Waals surface area contributed by atoms with Crippen LogP contribution in [0, 0.1) is 24.4 Å². The third-order valence-corrected chi connectivity index (χ3v) is 5.27. The summed E-state index contributed by atoms with van der Waals surface area (Å²) in [5, 5.41) is 5.27. The van der Waals surface area contributed by atoms with Gasteiger partial charge in [0.25, 0.3) is 0 Å². The Kier molecular flexibility index (Phi) is 6.28. The summed E-state index contributed by atoms with van der Waals surface area (Å²) < 4.78 is 39.5. The lowest BCUT2D eigenvalue weighted by Crippen LogP contribution is -2.36. The van der Waals surface area contributed by atoms with Crippen LogP contribution >= 0.6 is 11.3 Å². The van der Waals surface area contributed by atoms with Gasteiger partial charge < -0.3 is 10.6 Å². The van der Waals surface area contributed by atoms with E-state index in [0.29, 0.717) is 12.5 Å². The molecule has 0 aliphatic carbocycles. The van der Waals surface area contributed by atoms with Crippen molar-refractivity contribution in [3.63, 3.8) is 0 Å². The minimum absolute atomic E-state index is 0.171. The highest BCUT2D eigenvalue weighted by Crippen LogP contribution is 2.28. The van der Waals surface area contributed by atoms with E-state index in [1.165, 1.54) is 23.5 Å². The Balaban J connectivity index is 1.54. The van der Waals surface area contributed by atoms with Gasteiger partial charge in [0.2, 0.25) is 0 Å². The number of aryl methyl sites for hydroxylation is 1. The Morgan fingerprint density at radius 1 is 1.00 bits per heavy atom. The smallest absolute Gasteiger partial charge is 0.313 e. The molecule has 0 atom stereocenters. The molecule has 3 aromatic rings. The van der Waals surface area contributed by atoms with Gasteiger partial charge in [-0.1, -0.05) is 0 Å². The van der Waals surface area contributed by atoms with E-state index in [9.17, 15) is 22.8 Å². The third-order valence-electron chi connectivity index (χ3n) is 4.01. The van der Waals surface area contributed by atoms with Gasteiger partial charge in [-0.05, 0) is 43.3 Å². The van der Waals surface area contributed by atoms with Gasteiger partial charge in [-0.15, -0.1) is 11.3 Å². The molecule has 0 fully saturated rings. The molecule has 2 aromatic carbocycles. The number of carbonyl (C=O) groups is 2. The largest absolute Gasteiger partial charge is 0.347 e. The van der Waals surface area contributed by atoms with Crippen molar-refractivity contribution in [1.29, 1.82) is 0 Å². The van der Waals surface area contributed by atoms with Crippen molar-refractivity contribution in [3.8, 4) is 10.6 Å². The molecule has 0 aliphatic heterocycles. The Morgan fingerprint density at radius 2 is 1.69 bits per heavy atom. The Labute approximate surface area is 168 Å². The predicted molar refractivity (Wildman–Crippen MR) is 104 cm³/mol. The van der Waals surface area contributed by atoms with Crippen LogP contribution < -0.4 is 10.6 Å². The SMILES string of the molecule is Cc1nc(-c2ccc(F)cc2)sc1CCNC(=O)C(=O)Nc1ccc(F)cc1F. The molecule has 0 spiro atoms. The molecule has 9 heteroatoms. The Hall–Kier alpha value is -3.20. The lowest BCUT2D eigenvalue weighted by molar-refractivity contribution is -0.136. The summed E-state index contributed by atoms with van der Waals surface area (Å²) in [6.07, 6.45) is 0.439. The molecule has 0 bridgehead atoms. The number of anilines is 1. The van der Waals surface area contributed by atoms with Crippen molar-refractivity contribution in [3.05, 3.63) is 70.5 Å². The topological polar surface area (TPSA) is 71.1 Å². The number of nitrogens with zero attached hydrogens (tertiary/aromatic N) is 1. The van der Waals surface area contributed by atoms with Crippen molar-refractivity contribution in [1.82, 2.24) is 10.3 Å². The first kappa shape index (κ1) is 20.5. The maximum Gasteiger partial charge on any atom is 0.313 e. The maximum atomic E-state index is 13.5. The van der Waals surface area contributed by atoms with E-state index in [0.717, 1.165) is 33.3 Å². The van der Waals surface area contributed by atoms with Crippen molar-refractivity contribution in [2.45, 2.75) is 13.3 Å². The number of amides is 2. The van der Waals surface area contributed by atoms with Crippen LogP contribution in [0.3, 0.4) is 0 Å². The van der Waals surface area contributed by atoms with Crippen LogP contribution in [0.1, 0.15) is 10.6 Å². The van der Waals surface area contributed by atoms with Gasteiger partial charge in [-0.3, -0.25) is 9.59 Å². The third kappa shape index (κ3) is 5.20. The van der Waals surface area contributed by atoms with Crippen molar-refractivity contribution < 1.29 is 22.8 Å². The van der Waals surface area contributed by atoms with Crippen LogP contribution in [0.2, 0.25) is 0 Å². The second-order valence-corrected chi connectivity index (χ2v) is 7.20. The minimum Gasteiger partial charge on any atom is -0.347 e. The van der Waals surface area contributed by atoms with Crippen LogP contribution in [0.4, 0.5) is 18.9 Å². The number of hydrogen-bond acceptors (Lipinski definition) is 4. The van der Waals surface area contributed by atoms with E-state index in [-0.39, 0.29) is 18.0 Å². The highest BCUT2D eigenvalue weighted by atomic mass is 32.1. The molecule has 2 amide bonds. The van der Waals surface area contributed by atoms with Crippen LogP contribution in [0.15, 0.2) is 42.5 Å². The number of benzene rings is 2. The van der Waals surface area contributed by atoms with Crippen LogP contribution in [-0.2, 0) is 16.0 Å². The number of rotatable bonds is 5. The molecule has 0 unspecified atom stereocenters. The highest BCUT2D eigenvalue weighted by molar-refractivity contribution is 7.15. The molecule has 150 valence electrons. The fraction of sp³-hybridized carbons (Fsp3) is 0.150. The summed E-state index contributed by atoms with van der Waals surface area (Å²) in [6, 6.07) is 8.60. The first-order valence-corrected chi connectivity index (χ1v) is 9.41. The summed E-state index contributed by atoms with van der Waals surface area (Å²) in [5.74, 6) is -4.08. The number of halogens is 3. The van der Waals surface area contributed by atoms with E-state index < -0.39 is 23.4 Å². The molecule has 2 N–H and O–H groups in total. The van der Waals surface area contributed by atoms with E-state index in [1.54, 1.807) is 12.1 Å². The molecular weight excluding hydrogens is 403 g/mol. The zero-order valence-corrected chi connectivity index (χ0v) is 16.1. The average molecular weight is 419 g/mol. The molecule has 3 rings (SSSR count). The van der Waals surface area contributed by atoms with Crippen molar-refractivity contribution in [2.75, 3.05) is 11.9 Å². The molecular formula is C20H16F3N3O2S. The zero-order valence-electron chi connectivity index (χ0n) is 15.3. The Morgan fingerprint density at radius 3 is 2.38 bits per heavy atom. The zero-order chi connectivity index (χ0) is 21.0. The number of aromatic nitrogens is 1. The summed E-state index contributed by atoms with van der Waals surface area (Å²) in [6.45, 7) is 1.99. The second kappa shape index (κ2) is 8.87. The van der Waals surface area contributed by atoms with Crippen molar-refractivity contribution >= 4 is 28.8 Å². The van der Waals surface area contributed by atoms with Crippen LogP contribution in [0.25, 0.3) is 10.6 Å². The maximum absolute atomic E-state index is 13.5. The average Bonchev–Trinajstić information content (AvgIpc) is 3.05. The fourth-order valence-electron chi connectivity index (χ4n) is 2.52. The molecule has 5 nitrogen and oxygen atoms in total. The van der Waals surface area contributed by atoms with Crippen LogP contribution in [0.5, 0.6) is 0 Å². The van der Waals surface area contributed by atoms with Gasteiger partial charge in [0, 0.05) is 29.5 Å². The lowest BCUT2D eigenvalue weighted by Gasteiger charge is -2.07. The van der Waals surface area contributed by atoms with Gasteiger partial charge in [0.15, 0.2) is 0 Å². The normalized spacial score (nSPS) is 10.6. The molecule has 1 heterocycles. The predicted octanol–water partition coefficient (Wildman–Crippen LogP) is 3.83. The number of carbonyl (C=O) groups excluding carboxylic acids is 2. The van der Waals surface area contributed by atoms with E-state index in [4.69, 9.17) is 0 Å². The fourth-order valence-corrected chi connectivity index (χ4v) is 3.58. The van der Waals surface area contributed by atoms with Gasteiger partial charge in [-0.2, -0.15) is 0 Å². The number of thiazole rings is 1. The summed E-state index contributed by atoms with van der Waals surface area (Å²) in [4.78, 5) is 29.1. The van der Waals surface area contributed by atoms with Gasteiger partial charge in [-0.25, -0.2) is 18.2 Å². The van der Waals surface area contributed by atoms with E-state index in [1.807, 2.05) is 6.92 Å². The van der Waals surface area contributed by atoms with Gasteiger partial charge in [0.1, 0.15) is 22.5 Å². The van der Waals surface area contributed by atoms with Gasteiger partial charge >= 0.3 is 11.8 Å². The van der Waals surface area contributed by atoms with Gasteiger partial charge in [0.05, 0.1) is 11.4 Å². The highest BCUT2D eigenvalue weighted by Gasteiger charge is 2.16. The van der Waals surface area contributed by atoms with Crippen LogP contribution in [-0.4, -0.2) is 23.3 Å². The molecule has 29 heavy (non-hydrogen) atoms. The molecule has 0 radical (unpaired) electrons. The first-order chi connectivity index (χ1) is 13.8.